The molecule has 0 saturated carbocycles. The van der Waals surface area contributed by atoms with Crippen LogP contribution in [0.5, 0.6) is 11.5 Å². The van der Waals surface area contributed by atoms with Crippen molar-refractivity contribution in [2.45, 2.75) is 33.1 Å². The third-order valence-electron chi connectivity index (χ3n) is 3.58. The second-order valence-electron chi connectivity index (χ2n) is 5.14. The molecule has 1 atom stereocenters. The molecular weight excluding hydrogens is 248 g/mol. The van der Waals surface area contributed by atoms with Gasteiger partial charge in [0.1, 0.15) is 11.5 Å². The Morgan fingerprint density at radius 2 is 1.85 bits per heavy atom. The van der Waals surface area contributed by atoms with Crippen LogP contribution in [0.2, 0.25) is 0 Å². The minimum atomic E-state index is 0.550. The first-order chi connectivity index (χ1) is 9.63. The number of hydrogen-bond donors (Lipinski definition) is 0. The smallest absolute Gasteiger partial charge is 0.153 e. The van der Waals surface area contributed by atoms with Gasteiger partial charge >= 0.3 is 0 Å². The molecule has 104 valence electrons. The number of hydrogen-bond acceptors (Lipinski definition) is 2. The van der Waals surface area contributed by atoms with Crippen molar-refractivity contribution in [2.75, 3.05) is 0 Å². The second kappa shape index (κ2) is 6.38. The van der Waals surface area contributed by atoms with Gasteiger partial charge in [0.15, 0.2) is 6.29 Å². The molecule has 1 unspecified atom stereocenters. The first kappa shape index (κ1) is 14.3. The topological polar surface area (TPSA) is 26.3 Å². The molecule has 2 rings (SSSR count). The predicted octanol–water partition coefficient (Wildman–Crippen LogP) is 5.11. The lowest BCUT2D eigenvalue weighted by molar-refractivity contribution is 0.112. The first-order valence-electron chi connectivity index (χ1n) is 6.97. The molecule has 0 amide bonds. The zero-order valence-electron chi connectivity index (χ0n) is 12.2. The lowest BCUT2D eigenvalue weighted by Gasteiger charge is -2.11. The Morgan fingerprint density at radius 3 is 2.45 bits per heavy atom. The minimum Gasteiger partial charge on any atom is -0.457 e. The van der Waals surface area contributed by atoms with Gasteiger partial charge in [0.2, 0.25) is 0 Å². The molecule has 2 heteroatoms. The number of aryl methyl sites for hydroxylation is 1. The molecule has 0 aliphatic heterocycles. The molecule has 2 aromatic rings. The molecule has 2 aromatic carbocycles. The van der Waals surface area contributed by atoms with Crippen LogP contribution in [0, 0.1) is 6.92 Å². The van der Waals surface area contributed by atoms with E-state index < -0.39 is 0 Å². The van der Waals surface area contributed by atoms with Crippen molar-refractivity contribution < 1.29 is 9.53 Å². The summed E-state index contributed by atoms with van der Waals surface area (Å²) in [6.07, 6.45) is 1.95. The molecule has 0 N–H and O–H groups in total. The predicted molar refractivity (Wildman–Crippen MR) is 81.8 cm³/mol. The van der Waals surface area contributed by atoms with Crippen LogP contribution in [0.4, 0.5) is 0 Å². The molecule has 0 aliphatic rings. The molecule has 0 spiro atoms. The monoisotopic (exact) mass is 268 g/mol. The number of aldehydes is 1. The third kappa shape index (κ3) is 3.27. The molecule has 0 fully saturated rings. The Hall–Kier alpha value is -2.09. The van der Waals surface area contributed by atoms with Crippen LogP contribution in [0.3, 0.4) is 0 Å². The summed E-state index contributed by atoms with van der Waals surface area (Å²) in [6.45, 7) is 6.34. The van der Waals surface area contributed by atoms with Crippen LogP contribution in [-0.2, 0) is 0 Å². The Bertz CT molecular complexity index is 585. The quantitative estimate of drug-likeness (QED) is 0.704. The van der Waals surface area contributed by atoms with Gasteiger partial charge in [-0.25, -0.2) is 0 Å². The van der Waals surface area contributed by atoms with E-state index in [1.165, 1.54) is 5.56 Å². The van der Waals surface area contributed by atoms with Crippen molar-refractivity contribution in [3.05, 3.63) is 59.2 Å². The summed E-state index contributed by atoms with van der Waals surface area (Å²) in [5, 5.41) is 0. The van der Waals surface area contributed by atoms with Crippen LogP contribution in [0.1, 0.15) is 47.7 Å². The van der Waals surface area contributed by atoms with Gasteiger partial charge in [-0.2, -0.15) is 0 Å². The summed E-state index contributed by atoms with van der Waals surface area (Å²) in [4.78, 5) is 11.1. The van der Waals surface area contributed by atoms with E-state index in [-0.39, 0.29) is 0 Å². The Labute approximate surface area is 120 Å². The summed E-state index contributed by atoms with van der Waals surface area (Å²) < 4.78 is 5.79. The summed E-state index contributed by atoms with van der Waals surface area (Å²) in [7, 11) is 0. The van der Waals surface area contributed by atoms with E-state index in [0.717, 1.165) is 24.0 Å². The number of rotatable bonds is 5. The number of carbonyl (C=O) groups is 1. The number of carbonyl (C=O) groups excluding carboxylic acids is 1. The molecule has 0 aromatic heterocycles. The van der Waals surface area contributed by atoms with Crippen LogP contribution >= 0.6 is 0 Å². The molecule has 0 saturated heterocycles. The van der Waals surface area contributed by atoms with Gasteiger partial charge in [0, 0.05) is 0 Å². The fourth-order valence-corrected chi connectivity index (χ4v) is 2.08. The standard InChI is InChI=1S/C18H20O2/c1-4-14(3)15-6-8-17(9-7-15)20-18-10-5-13(2)11-16(18)12-19/h5-12,14H,4H2,1-3H3. The molecule has 0 bridgehead atoms. The zero-order chi connectivity index (χ0) is 14.5. The normalized spacial score (nSPS) is 11.9. The largest absolute Gasteiger partial charge is 0.457 e. The fraction of sp³-hybridized carbons (Fsp3) is 0.278. The van der Waals surface area contributed by atoms with Crippen LogP contribution in [-0.4, -0.2) is 6.29 Å². The Morgan fingerprint density at radius 1 is 1.15 bits per heavy atom. The SMILES string of the molecule is CCC(C)c1ccc(Oc2ccc(C)cc2C=O)cc1. The number of benzene rings is 2. The third-order valence-corrected chi connectivity index (χ3v) is 3.58. The highest BCUT2D eigenvalue weighted by molar-refractivity contribution is 5.79. The van der Waals surface area contributed by atoms with E-state index in [4.69, 9.17) is 4.74 Å². The van der Waals surface area contributed by atoms with Gasteiger partial charge in [-0.1, -0.05) is 37.6 Å². The van der Waals surface area contributed by atoms with E-state index in [1.807, 2.05) is 37.3 Å². The van der Waals surface area contributed by atoms with Crippen molar-refractivity contribution in [3.8, 4) is 11.5 Å². The molecule has 0 aliphatic carbocycles. The second-order valence-corrected chi connectivity index (χ2v) is 5.14. The van der Waals surface area contributed by atoms with Crippen molar-refractivity contribution in [1.82, 2.24) is 0 Å². The van der Waals surface area contributed by atoms with E-state index in [1.54, 1.807) is 0 Å². The fourth-order valence-electron chi connectivity index (χ4n) is 2.08. The average Bonchev–Trinajstić information content (AvgIpc) is 2.49. The molecule has 0 heterocycles. The highest BCUT2D eigenvalue weighted by Gasteiger charge is 2.06. The zero-order valence-corrected chi connectivity index (χ0v) is 12.2. The van der Waals surface area contributed by atoms with Gasteiger partial charge in [0.05, 0.1) is 5.56 Å². The van der Waals surface area contributed by atoms with Gasteiger partial charge < -0.3 is 4.74 Å². The molecular formula is C18H20O2. The summed E-state index contributed by atoms with van der Waals surface area (Å²) in [6, 6.07) is 13.7. The highest BCUT2D eigenvalue weighted by atomic mass is 16.5. The molecule has 0 radical (unpaired) electrons. The van der Waals surface area contributed by atoms with E-state index in [9.17, 15) is 4.79 Å². The Kier molecular flexibility index (Phi) is 4.57. The lowest BCUT2D eigenvalue weighted by Crippen LogP contribution is -1.93. The maximum Gasteiger partial charge on any atom is 0.153 e. The van der Waals surface area contributed by atoms with Crippen LogP contribution in [0.25, 0.3) is 0 Å². The minimum absolute atomic E-state index is 0.550. The van der Waals surface area contributed by atoms with Crippen LogP contribution in [0.15, 0.2) is 42.5 Å². The molecule has 20 heavy (non-hydrogen) atoms. The molecule has 2 nitrogen and oxygen atoms in total. The van der Waals surface area contributed by atoms with Crippen molar-refractivity contribution in [2.24, 2.45) is 0 Å². The maximum atomic E-state index is 11.1. The van der Waals surface area contributed by atoms with Gasteiger partial charge in [-0.3, -0.25) is 4.79 Å². The van der Waals surface area contributed by atoms with Crippen molar-refractivity contribution >= 4 is 6.29 Å². The Balaban J connectivity index is 2.20. The van der Waals surface area contributed by atoms with E-state index >= 15 is 0 Å². The lowest BCUT2D eigenvalue weighted by atomic mass is 9.99. The van der Waals surface area contributed by atoms with E-state index in [0.29, 0.717) is 17.2 Å². The first-order valence-corrected chi connectivity index (χ1v) is 6.97. The number of ether oxygens (including phenoxy) is 1. The van der Waals surface area contributed by atoms with E-state index in [2.05, 4.69) is 26.0 Å². The van der Waals surface area contributed by atoms with Crippen molar-refractivity contribution in [1.29, 1.82) is 0 Å². The summed E-state index contributed by atoms with van der Waals surface area (Å²) in [5.74, 6) is 1.90. The van der Waals surface area contributed by atoms with Gasteiger partial charge in [-0.05, 0) is 49.1 Å². The summed E-state index contributed by atoms with van der Waals surface area (Å²) >= 11 is 0. The van der Waals surface area contributed by atoms with Crippen LogP contribution < -0.4 is 4.74 Å². The van der Waals surface area contributed by atoms with Gasteiger partial charge in [0.25, 0.3) is 0 Å². The summed E-state index contributed by atoms with van der Waals surface area (Å²) in [5.41, 5.74) is 2.93. The highest BCUT2D eigenvalue weighted by Crippen LogP contribution is 2.27. The average molecular weight is 268 g/mol. The van der Waals surface area contributed by atoms with Gasteiger partial charge in [-0.15, -0.1) is 0 Å². The van der Waals surface area contributed by atoms with Crippen molar-refractivity contribution in [3.63, 3.8) is 0 Å². The maximum absolute atomic E-state index is 11.1.